The number of hydrogen-bond acceptors (Lipinski definition) is 0. The van der Waals surface area contributed by atoms with Crippen LogP contribution in [0, 0.1) is 0 Å². The molecule has 1 heteroatoms. The SMILES string of the molecule is C[N+](C)(C1CCCCC1)C(c1ccccc1)c1ccccc1. The maximum absolute atomic E-state index is 2.43. The van der Waals surface area contributed by atoms with Gasteiger partial charge in [0.25, 0.3) is 0 Å². The predicted molar refractivity (Wildman–Crippen MR) is 93.7 cm³/mol. The normalized spacial score (nSPS) is 16.9. The fraction of sp³-hybridized carbons (Fsp3) is 0.429. The van der Waals surface area contributed by atoms with Crippen LogP contribution in [-0.2, 0) is 0 Å². The number of nitrogens with zero attached hydrogens (tertiary/aromatic N) is 1. The number of rotatable bonds is 4. The third-order valence-corrected chi connectivity index (χ3v) is 5.41. The molecule has 1 nitrogen and oxygen atoms in total. The van der Waals surface area contributed by atoms with Gasteiger partial charge in [-0.15, -0.1) is 0 Å². The number of hydrogen-bond donors (Lipinski definition) is 0. The van der Waals surface area contributed by atoms with Crippen LogP contribution in [0.15, 0.2) is 60.7 Å². The molecule has 0 saturated heterocycles. The van der Waals surface area contributed by atoms with Gasteiger partial charge in [0.1, 0.15) is 6.04 Å². The highest BCUT2D eigenvalue weighted by atomic mass is 15.4. The first kappa shape index (κ1) is 15.3. The van der Waals surface area contributed by atoms with E-state index < -0.39 is 0 Å². The standard InChI is InChI=1S/C21H28N/c1-22(2,20-16-10-5-11-17-20)21(18-12-6-3-7-13-18)19-14-8-4-9-15-19/h3-4,6-9,12-15,20-21H,5,10-11,16-17H2,1-2H3/q+1. The van der Waals surface area contributed by atoms with Crippen molar-refractivity contribution >= 4 is 0 Å². The average Bonchev–Trinajstić information content (AvgIpc) is 2.58. The molecule has 2 aromatic carbocycles. The zero-order chi connectivity index (χ0) is 15.4. The van der Waals surface area contributed by atoms with Crippen molar-refractivity contribution in [1.82, 2.24) is 0 Å². The maximum atomic E-state index is 2.43. The summed E-state index contributed by atoms with van der Waals surface area (Å²) in [5.41, 5.74) is 2.87. The molecule has 22 heavy (non-hydrogen) atoms. The maximum Gasteiger partial charge on any atom is 0.140 e. The smallest absolute Gasteiger partial charge is 0.140 e. The van der Waals surface area contributed by atoms with Gasteiger partial charge in [-0.1, -0.05) is 67.1 Å². The Balaban J connectivity index is 2.01. The molecule has 2 aromatic rings. The van der Waals surface area contributed by atoms with Crippen molar-refractivity contribution in [1.29, 1.82) is 0 Å². The highest BCUT2D eigenvalue weighted by Crippen LogP contribution is 2.38. The summed E-state index contributed by atoms with van der Waals surface area (Å²) in [6.07, 6.45) is 6.93. The summed E-state index contributed by atoms with van der Waals surface area (Å²) >= 11 is 0. The number of quaternary nitrogens is 1. The lowest BCUT2D eigenvalue weighted by Crippen LogP contribution is -2.52. The van der Waals surface area contributed by atoms with Crippen molar-refractivity contribution in [2.24, 2.45) is 0 Å². The Bertz CT molecular complexity index is 528. The monoisotopic (exact) mass is 294 g/mol. The van der Waals surface area contributed by atoms with Crippen LogP contribution in [0.5, 0.6) is 0 Å². The fourth-order valence-corrected chi connectivity index (χ4v) is 4.19. The second-order valence-electron chi connectivity index (χ2n) is 7.14. The highest BCUT2D eigenvalue weighted by molar-refractivity contribution is 5.30. The lowest BCUT2D eigenvalue weighted by molar-refractivity contribution is -0.940. The molecule has 3 rings (SSSR count). The molecule has 0 bridgehead atoms. The zero-order valence-corrected chi connectivity index (χ0v) is 13.9. The lowest BCUT2D eigenvalue weighted by Gasteiger charge is -2.46. The van der Waals surface area contributed by atoms with E-state index >= 15 is 0 Å². The first-order chi connectivity index (χ1) is 10.7. The molecule has 0 radical (unpaired) electrons. The van der Waals surface area contributed by atoms with Crippen LogP contribution in [0.25, 0.3) is 0 Å². The van der Waals surface area contributed by atoms with E-state index in [0.29, 0.717) is 6.04 Å². The van der Waals surface area contributed by atoms with Crippen LogP contribution in [0.2, 0.25) is 0 Å². The van der Waals surface area contributed by atoms with E-state index in [-0.39, 0.29) is 0 Å². The Morgan fingerprint density at radius 2 is 1.18 bits per heavy atom. The molecule has 0 amide bonds. The van der Waals surface area contributed by atoms with E-state index in [0.717, 1.165) is 10.5 Å². The summed E-state index contributed by atoms with van der Waals surface area (Å²) in [5, 5.41) is 0. The second-order valence-corrected chi connectivity index (χ2v) is 7.14. The molecular formula is C21H28N+. The van der Waals surface area contributed by atoms with Crippen LogP contribution >= 0.6 is 0 Å². The Morgan fingerprint density at radius 3 is 1.64 bits per heavy atom. The Kier molecular flexibility index (Phi) is 4.63. The van der Waals surface area contributed by atoms with E-state index in [1.807, 2.05) is 0 Å². The van der Waals surface area contributed by atoms with E-state index in [4.69, 9.17) is 0 Å². The molecule has 0 heterocycles. The minimum Gasteiger partial charge on any atom is -0.316 e. The molecule has 1 fully saturated rings. The van der Waals surface area contributed by atoms with Crippen LogP contribution < -0.4 is 0 Å². The predicted octanol–water partition coefficient (Wildman–Crippen LogP) is 5.19. The highest BCUT2D eigenvalue weighted by Gasteiger charge is 2.38. The van der Waals surface area contributed by atoms with Gasteiger partial charge in [-0.2, -0.15) is 0 Å². The molecule has 1 aliphatic carbocycles. The summed E-state index contributed by atoms with van der Waals surface area (Å²) < 4.78 is 1.06. The molecular weight excluding hydrogens is 266 g/mol. The van der Waals surface area contributed by atoms with Gasteiger partial charge in [0.15, 0.2) is 0 Å². The Hall–Kier alpha value is -1.60. The van der Waals surface area contributed by atoms with Gasteiger partial charge in [0.05, 0.1) is 20.1 Å². The second kappa shape index (κ2) is 6.66. The van der Waals surface area contributed by atoms with Crippen LogP contribution in [-0.4, -0.2) is 24.6 Å². The van der Waals surface area contributed by atoms with Crippen LogP contribution in [0.3, 0.4) is 0 Å². The topological polar surface area (TPSA) is 0 Å². The van der Waals surface area contributed by atoms with Gasteiger partial charge in [-0.3, -0.25) is 0 Å². The summed E-state index contributed by atoms with van der Waals surface area (Å²) in [4.78, 5) is 0. The molecule has 116 valence electrons. The van der Waals surface area contributed by atoms with E-state index in [9.17, 15) is 0 Å². The van der Waals surface area contributed by atoms with Crippen molar-refractivity contribution < 1.29 is 4.48 Å². The lowest BCUT2D eigenvalue weighted by atomic mass is 9.88. The summed E-state index contributed by atoms with van der Waals surface area (Å²) in [7, 11) is 4.86. The quantitative estimate of drug-likeness (QED) is 0.681. The van der Waals surface area contributed by atoms with Gasteiger partial charge in [0, 0.05) is 11.1 Å². The third-order valence-electron chi connectivity index (χ3n) is 5.41. The first-order valence-corrected chi connectivity index (χ1v) is 8.63. The van der Waals surface area contributed by atoms with Gasteiger partial charge in [-0.05, 0) is 25.7 Å². The van der Waals surface area contributed by atoms with Crippen molar-refractivity contribution in [3.05, 3.63) is 71.8 Å². The van der Waals surface area contributed by atoms with Gasteiger partial charge < -0.3 is 4.48 Å². The molecule has 0 aromatic heterocycles. The van der Waals surface area contributed by atoms with Crippen molar-refractivity contribution in [2.45, 2.75) is 44.2 Å². The van der Waals surface area contributed by atoms with Crippen molar-refractivity contribution in [3.8, 4) is 0 Å². The van der Waals surface area contributed by atoms with Crippen molar-refractivity contribution in [2.75, 3.05) is 14.1 Å². The molecule has 0 spiro atoms. The summed E-state index contributed by atoms with van der Waals surface area (Å²) in [5.74, 6) is 0. The third kappa shape index (κ3) is 3.10. The van der Waals surface area contributed by atoms with Crippen molar-refractivity contribution in [3.63, 3.8) is 0 Å². The molecule has 0 N–H and O–H groups in total. The average molecular weight is 294 g/mol. The fourth-order valence-electron chi connectivity index (χ4n) is 4.19. The largest absolute Gasteiger partial charge is 0.316 e. The van der Waals surface area contributed by atoms with Crippen LogP contribution in [0.1, 0.15) is 49.3 Å². The molecule has 0 atom stereocenters. The molecule has 0 aliphatic heterocycles. The summed E-state index contributed by atoms with van der Waals surface area (Å²) in [6, 6.07) is 23.3. The van der Waals surface area contributed by atoms with E-state index in [1.54, 1.807) is 0 Å². The minimum atomic E-state index is 0.422. The van der Waals surface area contributed by atoms with E-state index in [1.165, 1.54) is 43.2 Å². The number of benzene rings is 2. The van der Waals surface area contributed by atoms with E-state index in [2.05, 4.69) is 74.8 Å². The van der Waals surface area contributed by atoms with Crippen LogP contribution in [0.4, 0.5) is 0 Å². The minimum absolute atomic E-state index is 0.422. The van der Waals surface area contributed by atoms with Gasteiger partial charge >= 0.3 is 0 Å². The zero-order valence-electron chi connectivity index (χ0n) is 13.9. The molecule has 1 aliphatic rings. The first-order valence-electron chi connectivity index (χ1n) is 8.63. The van der Waals surface area contributed by atoms with Gasteiger partial charge in [-0.25, -0.2) is 0 Å². The van der Waals surface area contributed by atoms with Gasteiger partial charge in [0.2, 0.25) is 0 Å². The molecule has 0 unspecified atom stereocenters. The summed E-state index contributed by atoms with van der Waals surface area (Å²) in [6.45, 7) is 0. The Labute approximate surface area is 135 Å². The Morgan fingerprint density at radius 1 is 0.727 bits per heavy atom. The molecule has 1 saturated carbocycles.